The van der Waals surface area contributed by atoms with Gasteiger partial charge in [0.2, 0.25) is 0 Å². The number of rotatable bonds is 0. The van der Waals surface area contributed by atoms with Crippen LogP contribution in [0.25, 0.3) is 10.9 Å². The van der Waals surface area contributed by atoms with E-state index in [4.69, 9.17) is 0 Å². The Balaban J connectivity index is 2.16. The van der Waals surface area contributed by atoms with Crippen molar-refractivity contribution >= 4 is 16.6 Å². The fraction of sp³-hybridized carbons (Fsp3) is 0.438. The first-order valence-electron chi connectivity index (χ1n) is 7.09. The van der Waals surface area contributed by atoms with E-state index in [9.17, 15) is 5.11 Å². The molecular weight excluding hydrogens is 250 g/mol. The molecule has 1 atom stereocenters. The van der Waals surface area contributed by atoms with Crippen LogP contribution in [0.5, 0.6) is 0 Å². The third kappa shape index (κ3) is 1.43. The third-order valence-corrected chi connectivity index (χ3v) is 4.58. The fourth-order valence-corrected chi connectivity index (χ4v) is 3.67. The van der Waals surface area contributed by atoms with E-state index in [1.807, 2.05) is 12.1 Å². The molecule has 0 radical (unpaired) electrons. The van der Waals surface area contributed by atoms with Crippen molar-refractivity contribution in [2.45, 2.75) is 32.9 Å². The molecule has 2 aromatic rings. The lowest BCUT2D eigenvalue weighted by atomic mass is 9.75. The summed E-state index contributed by atoms with van der Waals surface area (Å²) in [6.45, 7) is 4.55. The van der Waals surface area contributed by atoms with Crippen LogP contribution in [0.1, 0.15) is 43.3 Å². The number of nitrogens with zero attached hydrogens (tertiary/aromatic N) is 2. The zero-order valence-electron chi connectivity index (χ0n) is 12.1. The highest BCUT2D eigenvalue weighted by Crippen LogP contribution is 2.42. The summed E-state index contributed by atoms with van der Waals surface area (Å²) in [5, 5.41) is 15.9. The van der Waals surface area contributed by atoms with Crippen molar-refractivity contribution in [2.75, 3.05) is 0 Å². The molecule has 4 heteroatoms. The maximum Gasteiger partial charge on any atom is 0.166 e. The molecular formula is C16H19N3O. The quantitative estimate of drug-likeness (QED) is 0.772. The molecule has 2 N–H and O–H groups in total. The van der Waals surface area contributed by atoms with Gasteiger partial charge >= 0.3 is 0 Å². The van der Waals surface area contributed by atoms with Gasteiger partial charge in [-0.15, -0.1) is 0 Å². The summed E-state index contributed by atoms with van der Waals surface area (Å²) in [6, 6.07) is 6.11. The van der Waals surface area contributed by atoms with Gasteiger partial charge < -0.3 is 9.67 Å². The molecule has 0 saturated carbocycles. The Morgan fingerprint density at radius 3 is 2.95 bits per heavy atom. The van der Waals surface area contributed by atoms with E-state index in [0.29, 0.717) is 0 Å². The number of hydrogen-bond donors (Lipinski definition) is 2. The highest BCUT2D eigenvalue weighted by atomic mass is 16.3. The van der Waals surface area contributed by atoms with Crippen molar-refractivity contribution in [1.29, 1.82) is 0 Å². The van der Waals surface area contributed by atoms with E-state index >= 15 is 0 Å². The Labute approximate surface area is 118 Å². The second kappa shape index (κ2) is 3.64. The van der Waals surface area contributed by atoms with Crippen LogP contribution in [-0.4, -0.2) is 15.4 Å². The normalized spacial score (nSPS) is 23.2. The molecule has 1 aromatic carbocycles. The lowest BCUT2D eigenvalue weighted by molar-refractivity contribution is 0.143. The van der Waals surface area contributed by atoms with Gasteiger partial charge in [0.25, 0.3) is 0 Å². The molecule has 1 unspecified atom stereocenters. The fourth-order valence-electron chi connectivity index (χ4n) is 3.67. The van der Waals surface area contributed by atoms with Crippen molar-refractivity contribution < 1.29 is 5.11 Å². The number of aliphatic hydroxyl groups is 1. The van der Waals surface area contributed by atoms with Gasteiger partial charge in [-0.3, -0.25) is 5.43 Å². The van der Waals surface area contributed by atoms with Gasteiger partial charge in [0.05, 0.1) is 5.71 Å². The molecule has 1 aliphatic carbocycles. The maximum atomic E-state index is 10.3. The van der Waals surface area contributed by atoms with E-state index in [-0.39, 0.29) is 5.41 Å². The molecule has 0 amide bonds. The van der Waals surface area contributed by atoms with E-state index in [0.717, 1.165) is 29.5 Å². The van der Waals surface area contributed by atoms with Crippen LogP contribution in [-0.2, 0) is 13.5 Å². The molecule has 0 bridgehead atoms. The van der Waals surface area contributed by atoms with Gasteiger partial charge in [-0.05, 0) is 24.3 Å². The van der Waals surface area contributed by atoms with Crippen LogP contribution in [0.4, 0.5) is 0 Å². The van der Waals surface area contributed by atoms with Gasteiger partial charge in [-0.1, -0.05) is 26.0 Å². The summed E-state index contributed by atoms with van der Waals surface area (Å²) in [5.74, 6) is 0. The van der Waals surface area contributed by atoms with E-state index < -0.39 is 6.23 Å². The summed E-state index contributed by atoms with van der Waals surface area (Å²) in [4.78, 5) is 0. The molecule has 20 heavy (non-hydrogen) atoms. The number of aliphatic hydroxyl groups excluding tert-OH is 1. The minimum Gasteiger partial charge on any atom is -0.368 e. The Morgan fingerprint density at radius 2 is 2.15 bits per heavy atom. The second-order valence-electron chi connectivity index (χ2n) is 6.73. The number of aromatic nitrogens is 1. The molecule has 4 rings (SSSR count). The molecule has 0 fully saturated rings. The Kier molecular flexibility index (Phi) is 2.18. The van der Waals surface area contributed by atoms with Gasteiger partial charge in [-0.25, -0.2) is 0 Å². The van der Waals surface area contributed by atoms with Crippen LogP contribution in [0.3, 0.4) is 0 Å². The smallest absolute Gasteiger partial charge is 0.166 e. The molecule has 1 aromatic heterocycles. The molecule has 0 spiro atoms. The third-order valence-electron chi connectivity index (χ3n) is 4.58. The SMILES string of the molecule is Cn1c2c3c4c(cccc41)C(O)NN=C3CC(C)(C)C2. The molecule has 104 valence electrons. The predicted octanol–water partition coefficient (Wildman–Crippen LogP) is 2.45. The number of hydrogen-bond acceptors (Lipinski definition) is 3. The first kappa shape index (κ1) is 12.0. The number of benzene rings is 1. The summed E-state index contributed by atoms with van der Waals surface area (Å²) in [6.07, 6.45) is 1.25. The van der Waals surface area contributed by atoms with E-state index in [2.05, 4.69) is 42.1 Å². The summed E-state index contributed by atoms with van der Waals surface area (Å²) in [5.41, 5.74) is 8.84. The lowest BCUT2D eigenvalue weighted by Gasteiger charge is -2.31. The van der Waals surface area contributed by atoms with E-state index in [1.54, 1.807) is 0 Å². The lowest BCUT2D eigenvalue weighted by Crippen LogP contribution is -2.29. The van der Waals surface area contributed by atoms with Crippen molar-refractivity contribution in [1.82, 2.24) is 9.99 Å². The van der Waals surface area contributed by atoms with Gasteiger partial charge in [0, 0.05) is 34.8 Å². The van der Waals surface area contributed by atoms with Crippen LogP contribution < -0.4 is 5.43 Å². The Bertz CT molecular complexity index is 755. The molecule has 0 saturated heterocycles. The average Bonchev–Trinajstić information content (AvgIpc) is 2.59. The van der Waals surface area contributed by atoms with Crippen LogP contribution in [0.15, 0.2) is 23.3 Å². The van der Waals surface area contributed by atoms with Crippen molar-refractivity contribution in [2.24, 2.45) is 17.6 Å². The maximum absolute atomic E-state index is 10.3. The van der Waals surface area contributed by atoms with Crippen molar-refractivity contribution in [3.8, 4) is 0 Å². The Morgan fingerprint density at radius 1 is 1.35 bits per heavy atom. The second-order valence-corrected chi connectivity index (χ2v) is 6.73. The number of nitrogens with one attached hydrogen (secondary N) is 1. The van der Waals surface area contributed by atoms with Crippen molar-refractivity contribution in [3.05, 3.63) is 35.0 Å². The molecule has 1 aliphatic heterocycles. The largest absolute Gasteiger partial charge is 0.368 e. The van der Waals surface area contributed by atoms with Crippen LogP contribution >= 0.6 is 0 Å². The molecule has 2 heterocycles. The first-order chi connectivity index (χ1) is 9.48. The average molecular weight is 269 g/mol. The molecule has 4 nitrogen and oxygen atoms in total. The van der Waals surface area contributed by atoms with Gasteiger partial charge in [0.15, 0.2) is 6.23 Å². The summed E-state index contributed by atoms with van der Waals surface area (Å²) in [7, 11) is 2.12. The highest BCUT2D eigenvalue weighted by molar-refractivity contribution is 6.14. The standard InChI is InChI=1S/C16H19N3O/c1-16(2)7-10-14-12(8-16)19(3)11-6-4-5-9(13(11)14)15(20)18-17-10/h4-6,15,18,20H,7-8H2,1-3H3. The monoisotopic (exact) mass is 269 g/mol. The minimum atomic E-state index is -0.730. The highest BCUT2D eigenvalue weighted by Gasteiger charge is 2.36. The van der Waals surface area contributed by atoms with Crippen LogP contribution in [0.2, 0.25) is 0 Å². The summed E-state index contributed by atoms with van der Waals surface area (Å²) >= 11 is 0. The predicted molar refractivity (Wildman–Crippen MR) is 79.7 cm³/mol. The molecule has 2 aliphatic rings. The number of hydrazone groups is 1. The van der Waals surface area contributed by atoms with Crippen molar-refractivity contribution in [3.63, 3.8) is 0 Å². The zero-order valence-corrected chi connectivity index (χ0v) is 12.1. The van der Waals surface area contributed by atoms with Crippen LogP contribution in [0, 0.1) is 5.41 Å². The summed E-state index contributed by atoms with van der Waals surface area (Å²) < 4.78 is 2.27. The zero-order chi connectivity index (χ0) is 14.1. The number of aryl methyl sites for hydroxylation is 1. The first-order valence-corrected chi connectivity index (χ1v) is 7.09. The van der Waals surface area contributed by atoms with Gasteiger partial charge in [0.1, 0.15) is 0 Å². The Hall–Kier alpha value is -1.81. The van der Waals surface area contributed by atoms with E-state index in [1.165, 1.54) is 16.8 Å². The topological polar surface area (TPSA) is 49.5 Å². The van der Waals surface area contributed by atoms with Gasteiger partial charge in [-0.2, -0.15) is 5.10 Å². The minimum absolute atomic E-state index is 0.200.